The van der Waals surface area contributed by atoms with Gasteiger partial charge < -0.3 is 15.0 Å². The minimum Gasteiger partial charge on any atom is -0.497 e. The van der Waals surface area contributed by atoms with Crippen molar-refractivity contribution < 1.29 is 9.53 Å². The molecule has 0 atom stereocenters. The number of carbonyl (C=O) groups is 1. The molecule has 1 amide bonds. The third-order valence-corrected chi connectivity index (χ3v) is 6.18. The van der Waals surface area contributed by atoms with Crippen LogP contribution in [0.4, 0.5) is 0 Å². The van der Waals surface area contributed by atoms with E-state index in [0.717, 1.165) is 32.0 Å². The van der Waals surface area contributed by atoms with Crippen molar-refractivity contribution in [2.75, 3.05) is 7.11 Å². The van der Waals surface area contributed by atoms with Crippen LogP contribution in [0.2, 0.25) is 5.02 Å². The second-order valence-corrected chi connectivity index (χ2v) is 8.49. The van der Waals surface area contributed by atoms with E-state index in [1.807, 2.05) is 42.5 Å². The second-order valence-electron chi connectivity index (χ2n) is 6.96. The molecular weight excluding hydrogens is 416 g/mol. The molecule has 1 aromatic heterocycles. The molecule has 0 aliphatic rings. The summed E-state index contributed by atoms with van der Waals surface area (Å²) in [5.74, 6) is 0.582. The fraction of sp³-hybridized carbons (Fsp3) is 0.125. The number of methoxy groups -OCH3 is 1. The van der Waals surface area contributed by atoms with Gasteiger partial charge in [0, 0.05) is 27.9 Å². The number of amides is 1. The fourth-order valence-corrected chi connectivity index (χ4v) is 4.31. The number of ether oxygens (including phenoxy) is 1. The zero-order chi connectivity index (χ0) is 21.1. The highest BCUT2D eigenvalue weighted by atomic mass is 35.5. The van der Waals surface area contributed by atoms with Gasteiger partial charge in [0.05, 0.1) is 17.5 Å². The van der Waals surface area contributed by atoms with E-state index in [1.54, 1.807) is 18.9 Å². The Hall–Kier alpha value is -2.89. The Morgan fingerprint density at radius 3 is 2.50 bits per heavy atom. The summed E-state index contributed by atoms with van der Waals surface area (Å²) in [5, 5.41) is 4.66. The molecule has 0 saturated heterocycles. The minimum atomic E-state index is -0.158. The summed E-state index contributed by atoms with van der Waals surface area (Å²) in [4.78, 5) is 18.3. The van der Waals surface area contributed by atoms with E-state index in [2.05, 4.69) is 41.5 Å². The molecule has 0 saturated carbocycles. The molecule has 0 unspecified atom stereocenters. The largest absolute Gasteiger partial charge is 0.497 e. The molecular formula is C24H21ClN2O2S. The number of rotatable bonds is 6. The maximum atomic E-state index is 13.1. The van der Waals surface area contributed by atoms with Gasteiger partial charge in [-0.1, -0.05) is 53.2 Å². The van der Waals surface area contributed by atoms with Gasteiger partial charge in [0.1, 0.15) is 11.4 Å². The van der Waals surface area contributed by atoms with Crippen molar-refractivity contribution in [1.82, 2.24) is 10.3 Å². The highest BCUT2D eigenvalue weighted by Crippen LogP contribution is 2.38. The van der Waals surface area contributed by atoms with Gasteiger partial charge in [-0.2, -0.15) is 0 Å². The van der Waals surface area contributed by atoms with Gasteiger partial charge in [0.2, 0.25) is 0 Å². The van der Waals surface area contributed by atoms with Crippen molar-refractivity contribution in [2.24, 2.45) is 0 Å². The zero-order valence-corrected chi connectivity index (χ0v) is 18.2. The number of hydrogen-bond acceptors (Lipinski definition) is 3. The van der Waals surface area contributed by atoms with Gasteiger partial charge in [-0.25, -0.2) is 0 Å². The SMILES string of the molecule is COc1ccc2c(Sc3ccc(C)cc3)c(C(=O)NCc3ccc(Cl)cc3)[nH]c2c1. The Morgan fingerprint density at radius 1 is 1.07 bits per heavy atom. The number of benzene rings is 3. The normalized spacial score (nSPS) is 10.9. The number of aromatic nitrogens is 1. The molecule has 30 heavy (non-hydrogen) atoms. The lowest BCUT2D eigenvalue weighted by Crippen LogP contribution is -2.23. The molecule has 4 nitrogen and oxygen atoms in total. The summed E-state index contributed by atoms with van der Waals surface area (Å²) in [6, 6.07) is 21.5. The molecule has 152 valence electrons. The molecule has 0 fully saturated rings. The van der Waals surface area contributed by atoms with E-state index in [0.29, 0.717) is 17.3 Å². The van der Waals surface area contributed by atoms with Crippen LogP contribution in [0.25, 0.3) is 10.9 Å². The first-order valence-corrected chi connectivity index (χ1v) is 10.7. The van der Waals surface area contributed by atoms with Crippen LogP contribution in [0.5, 0.6) is 5.75 Å². The van der Waals surface area contributed by atoms with E-state index in [1.165, 1.54) is 5.56 Å². The van der Waals surface area contributed by atoms with E-state index >= 15 is 0 Å². The average Bonchev–Trinajstić information content (AvgIpc) is 3.12. The number of H-pyrrole nitrogens is 1. The molecule has 4 rings (SSSR count). The van der Waals surface area contributed by atoms with Gasteiger partial charge in [-0.15, -0.1) is 0 Å². The second kappa shape index (κ2) is 8.86. The molecule has 6 heteroatoms. The summed E-state index contributed by atoms with van der Waals surface area (Å²) in [6.45, 7) is 2.48. The number of aromatic amines is 1. The van der Waals surface area contributed by atoms with Crippen molar-refractivity contribution in [3.63, 3.8) is 0 Å². The number of fused-ring (bicyclic) bond motifs is 1. The van der Waals surface area contributed by atoms with E-state index < -0.39 is 0 Å². The summed E-state index contributed by atoms with van der Waals surface area (Å²) in [7, 11) is 1.63. The van der Waals surface area contributed by atoms with E-state index in [-0.39, 0.29) is 5.91 Å². The topological polar surface area (TPSA) is 54.1 Å². The van der Waals surface area contributed by atoms with Crippen LogP contribution in [0.15, 0.2) is 76.5 Å². The van der Waals surface area contributed by atoms with Gasteiger partial charge in [0.25, 0.3) is 5.91 Å². The van der Waals surface area contributed by atoms with Crippen LogP contribution in [-0.4, -0.2) is 18.0 Å². The van der Waals surface area contributed by atoms with Crippen LogP contribution in [0, 0.1) is 6.92 Å². The summed E-state index contributed by atoms with van der Waals surface area (Å²) in [5.41, 5.74) is 3.58. The van der Waals surface area contributed by atoms with Gasteiger partial charge >= 0.3 is 0 Å². The Kier molecular flexibility index (Phi) is 6.02. The lowest BCUT2D eigenvalue weighted by molar-refractivity contribution is 0.0944. The third-order valence-electron chi connectivity index (χ3n) is 4.79. The predicted molar refractivity (Wildman–Crippen MR) is 123 cm³/mol. The molecule has 1 heterocycles. The van der Waals surface area contributed by atoms with Crippen LogP contribution < -0.4 is 10.1 Å². The Labute approximate surface area is 184 Å². The Balaban J connectivity index is 1.66. The molecule has 4 aromatic rings. The predicted octanol–water partition coefficient (Wildman–Crippen LogP) is 6.22. The molecule has 0 spiro atoms. The number of nitrogens with one attached hydrogen (secondary N) is 2. The maximum Gasteiger partial charge on any atom is 0.269 e. The quantitative estimate of drug-likeness (QED) is 0.377. The first-order chi connectivity index (χ1) is 14.5. The van der Waals surface area contributed by atoms with Crippen molar-refractivity contribution in [1.29, 1.82) is 0 Å². The highest BCUT2D eigenvalue weighted by molar-refractivity contribution is 7.99. The van der Waals surface area contributed by atoms with Crippen molar-refractivity contribution in [3.05, 3.63) is 88.6 Å². The number of aryl methyl sites for hydroxylation is 1. The summed E-state index contributed by atoms with van der Waals surface area (Å²) < 4.78 is 5.34. The minimum absolute atomic E-state index is 0.158. The Bertz CT molecular complexity index is 1180. The van der Waals surface area contributed by atoms with Gasteiger partial charge in [-0.3, -0.25) is 4.79 Å². The van der Waals surface area contributed by atoms with Crippen molar-refractivity contribution in [2.45, 2.75) is 23.3 Å². The van der Waals surface area contributed by atoms with Gasteiger partial charge in [-0.05, 0) is 48.9 Å². The maximum absolute atomic E-state index is 13.1. The number of carbonyl (C=O) groups excluding carboxylic acids is 1. The number of halogens is 1. The molecule has 0 aliphatic carbocycles. The molecule has 0 bridgehead atoms. The average molecular weight is 437 g/mol. The fourth-order valence-electron chi connectivity index (χ4n) is 3.14. The first kappa shape index (κ1) is 20.4. The van der Waals surface area contributed by atoms with Crippen molar-refractivity contribution >= 4 is 40.2 Å². The number of hydrogen-bond donors (Lipinski definition) is 2. The monoisotopic (exact) mass is 436 g/mol. The van der Waals surface area contributed by atoms with E-state index in [9.17, 15) is 4.79 Å². The van der Waals surface area contributed by atoms with E-state index in [4.69, 9.17) is 16.3 Å². The molecule has 0 aliphatic heterocycles. The first-order valence-electron chi connectivity index (χ1n) is 9.50. The Morgan fingerprint density at radius 2 is 1.80 bits per heavy atom. The van der Waals surface area contributed by atoms with Crippen LogP contribution in [0.3, 0.4) is 0 Å². The highest BCUT2D eigenvalue weighted by Gasteiger charge is 2.19. The van der Waals surface area contributed by atoms with Crippen molar-refractivity contribution in [3.8, 4) is 5.75 Å². The summed E-state index contributed by atoms with van der Waals surface area (Å²) >= 11 is 7.52. The smallest absolute Gasteiger partial charge is 0.269 e. The lowest BCUT2D eigenvalue weighted by Gasteiger charge is -2.07. The molecule has 2 N–H and O–H groups in total. The standard InChI is InChI=1S/C24H21ClN2O2S/c1-15-3-10-19(11-4-15)30-23-20-12-9-18(29-2)13-21(20)27-22(23)24(28)26-14-16-5-7-17(25)8-6-16/h3-13,27H,14H2,1-2H3,(H,26,28). The third kappa shape index (κ3) is 4.48. The van der Waals surface area contributed by atoms with Gasteiger partial charge in [0.15, 0.2) is 0 Å². The lowest BCUT2D eigenvalue weighted by atomic mass is 10.2. The summed E-state index contributed by atoms with van der Waals surface area (Å²) in [6.07, 6.45) is 0. The van der Waals surface area contributed by atoms with Crippen LogP contribution in [-0.2, 0) is 6.54 Å². The molecule has 0 radical (unpaired) electrons. The zero-order valence-electron chi connectivity index (χ0n) is 16.7. The van der Waals surface area contributed by atoms with Crippen LogP contribution in [0.1, 0.15) is 21.6 Å². The molecule has 3 aromatic carbocycles. The van der Waals surface area contributed by atoms with Crippen LogP contribution >= 0.6 is 23.4 Å².